The highest BCUT2D eigenvalue weighted by Crippen LogP contribution is 2.43. The molecule has 2 nitrogen and oxygen atoms in total. The number of thiazole rings is 1. The van der Waals surface area contributed by atoms with Crippen LogP contribution < -0.4 is 0 Å². The summed E-state index contributed by atoms with van der Waals surface area (Å²) in [7, 11) is 0. The number of rotatable bonds is 4. The Balaban J connectivity index is 2.23. The van der Waals surface area contributed by atoms with Gasteiger partial charge in [-0.1, -0.05) is 19.8 Å². The molecular weight excluding hydrogens is 206 g/mol. The molecule has 0 atom stereocenters. The number of aromatic nitrogens is 1. The third-order valence-electron chi connectivity index (χ3n) is 3.12. The van der Waals surface area contributed by atoms with Gasteiger partial charge in [-0.3, -0.25) is 0 Å². The van der Waals surface area contributed by atoms with Crippen molar-refractivity contribution in [2.45, 2.75) is 51.6 Å². The second kappa shape index (κ2) is 4.62. The van der Waals surface area contributed by atoms with Crippen LogP contribution in [-0.4, -0.2) is 11.6 Å². The molecule has 15 heavy (non-hydrogen) atoms. The first kappa shape index (κ1) is 11.1. The number of nitrogens with zero attached hydrogens (tertiary/aromatic N) is 1. The van der Waals surface area contributed by atoms with Crippen LogP contribution in [0, 0.1) is 0 Å². The third kappa shape index (κ3) is 2.08. The predicted octanol–water partition coefficient (Wildman–Crippen LogP) is 3.51. The van der Waals surface area contributed by atoms with Crippen molar-refractivity contribution in [3.8, 4) is 0 Å². The normalized spacial score (nSPS) is 19.6. The average molecular weight is 225 g/mol. The van der Waals surface area contributed by atoms with Crippen molar-refractivity contribution in [2.24, 2.45) is 0 Å². The predicted molar refractivity (Wildman–Crippen MR) is 63.3 cm³/mol. The van der Waals surface area contributed by atoms with Crippen molar-refractivity contribution in [1.29, 1.82) is 0 Å². The van der Waals surface area contributed by atoms with Crippen LogP contribution >= 0.6 is 11.3 Å². The molecule has 0 radical (unpaired) electrons. The van der Waals surface area contributed by atoms with Crippen LogP contribution in [0.15, 0.2) is 6.20 Å². The summed E-state index contributed by atoms with van der Waals surface area (Å²) in [5.74, 6) is 0. The van der Waals surface area contributed by atoms with E-state index in [0.29, 0.717) is 0 Å². The highest BCUT2D eigenvalue weighted by atomic mass is 32.1. The fraction of sp³-hybridized carbons (Fsp3) is 0.750. The van der Waals surface area contributed by atoms with E-state index in [1.807, 2.05) is 17.5 Å². The van der Waals surface area contributed by atoms with Gasteiger partial charge in [0.15, 0.2) is 0 Å². The molecule has 1 aromatic rings. The van der Waals surface area contributed by atoms with E-state index in [1.165, 1.54) is 22.7 Å². The monoisotopic (exact) mass is 225 g/mol. The number of hydrogen-bond donors (Lipinski definition) is 0. The summed E-state index contributed by atoms with van der Waals surface area (Å²) in [5, 5.41) is 1.21. The maximum Gasteiger partial charge on any atom is 0.125 e. The molecule has 3 heteroatoms. The molecule has 1 aliphatic carbocycles. The molecule has 1 saturated carbocycles. The minimum atomic E-state index is -0.0349. The Kier molecular flexibility index (Phi) is 3.42. The standard InChI is InChI=1S/C12H19NOS/c1-3-10-9-13-11(15-10)12(14-4-2)7-5-6-8-12/h9H,3-8H2,1-2H3. The average Bonchev–Trinajstić information content (AvgIpc) is 2.85. The zero-order valence-corrected chi connectivity index (χ0v) is 10.4. The van der Waals surface area contributed by atoms with Crippen molar-refractivity contribution in [3.05, 3.63) is 16.1 Å². The molecule has 0 spiro atoms. The van der Waals surface area contributed by atoms with E-state index in [-0.39, 0.29) is 5.60 Å². The van der Waals surface area contributed by atoms with E-state index in [4.69, 9.17) is 4.74 Å². The van der Waals surface area contributed by atoms with Gasteiger partial charge in [0.2, 0.25) is 0 Å². The summed E-state index contributed by atoms with van der Waals surface area (Å²) in [6.07, 6.45) is 7.95. The fourth-order valence-electron chi connectivity index (χ4n) is 2.32. The molecule has 0 aliphatic heterocycles. The molecule has 0 unspecified atom stereocenters. The van der Waals surface area contributed by atoms with E-state index in [9.17, 15) is 0 Å². The van der Waals surface area contributed by atoms with Crippen molar-refractivity contribution >= 4 is 11.3 Å². The maximum atomic E-state index is 5.98. The second-order valence-corrected chi connectivity index (χ2v) is 5.23. The van der Waals surface area contributed by atoms with Crippen LogP contribution in [0.25, 0.3) is 0 Å². The fourth-order valence-corrected chi connectivity index (χ4v) is 3.38. The lowest BCUT2D eigenvalue weighted by Crippen LogP contribution is -2.25. The van der Waals surface area contributed by atoms with Gasteiger partial charge in [0.05, 0.1) is 0 Å². The Labute approximate surface area is 95.7 Å². The molecular formula is C12H19NOS. The van der Waals surface area contributed by atoms with Gasteiger partial charge in [-0.05, 0) is 26.2 Å². The largest absolute Gasteiger partial charge is 0.368 e. The van der Waals surface area contributed by atoms with Crippen LogP contribution in [0.4, 0.5) is 0 Å². The molecule has 0 bridgehead atoms. The van der Waals surface area contributed by atoms with Crippen molar-refractivity contribution < 1.29 is 4.74 Å². The van der Waals surface area contributed by atoms with E-state index in [0.717, 1.165) is 25.9 Å². The Morgan fingerprint density at radius 1 is 1.40 bits per heavy atom. The summed E-state index contributed by atoms with van der Waals surface area (Å²) in [4.78, 5) is 5.92. The zero-order chi connectivity index (χ0) is 10.7. The quantitative estimate of drug-likeness (QED) is 0.782. The van der Waals surface area contributed by atoms with Gasteiger partial charge < -0.3 is 4.74 Å². The Hall–Kier alpha value is -0.410. The summed E-state index contributed by atoms with van der Waals surface area (Å²) < 4.78 is 5.98. The molecule has 1 aliphatic rings. The Bertz CT molecular complexity index is 315. The van der Waals surface area contributed by atoms with Gasteiger partial charge in [-0.2, -0.15) is 0 Å². The van der Waals surface area contributed by atoms with Crippen LogP contribution in [-0.2, 0) is 16.8 Å². The van der Waals surface area contributed by atoms with Crippen molar-refractivity contribution in [2.75, 3.05) is 6.61 Å². The molecule has 0 amide bonds. The van der Waals surface area contributed by atoms with Crippen molar-refractivity contribution in [3.63, 3.8) is 0 Å². The van der Waals surface area contributed by atoms with Crippen molar-refractivity contribution in [1.82, 2.24) is 4.98 Å². The molecule has 0 aromatic carbocycles. The molecule has 0 N–H and O–H groups in total. The van der Waals surface area contributed by atoms with E-state index in [2.05, 4.69) is 18.8 Å². The van der Waals surface area contributed by atoms with E-state index in [1.54, 1.807) is 0 Å². The first-order valence-corrected chi connectivity index (χ1v) is 6.71. The molecule has 0 saturated heterocycles. The van der Waals surface area contributed by atoms with Crippen LogP contribution in [0.5, 0.6) is 0 Å². The smallest absolute Gasteiger partial charge is 0.125 e. The maximum absolute atomic E-state index is 5.98. The van der Waals surface area contributed by atoms with E-state index < -0.39 is 0 Å². The highest BCUT2D eigenvalue weighted by molar-refractivity contribution is 7.11. The summed E-state index contributed by atoms with van der Waals surface area (Å²) >= 11 is 1.83. The summed E-state index contributed by atoms with van der Waals surface area (Å²) in [5.41, 5.74) is -0.0349. The van der Waals surface area contributed by atoms with Gasteiger partial charge in [-0.25, -0.2) is 4.98 Å². The number of ether oxygens (including phenoxy) is 1. The van der Waals surface area contributed by atoms with E-state index >= 15 is 0 Å². The topological polar surface area (TPSA) is 22.1 Å². The van der Waals surface area contributed by atoms with Gasteiger partial charge in [0.1, 0.15) is 10.6 Å². The summed E-state index contributed by atoms with van der Waals surface area (Å²) in [6, 6.07) is 0. The van der Waals surface area contributed by atoms with Gasteiger partial charge in [-0.15, -0.1) is 11.3 Å². The third-order valence-corrected chi connectivity index (χ3v) is 4.45. The minimum Gasteiger partial charge on any atom is -0.368 e. The number of aryl methyl sites for hydroxylation is 1. The lowest BCUT2D eigenvalue weighted by atomic mass is 10.0. The first-order valence-electron chi connectivity index (χ1n) is 5.90. The van der Waals surface area contributed by atoms with Gasteiger partial charge in [0.25, 0.3) is 0 Å². The van der Waals surface area contributed by atoms with Gasteiger partial charge in [0, 0.05) is 17.7 Å². The lowest BCUT2D eigenvalue weighted by molar-refractivity contribution is -0.0391. The lowest BCUT2D eigenvalue weighted by Gasteiger charge is -2.26. The minimum absolute atomic E-state index is 0.0349. The number of hydrogen-bond acceptors (Lipinski definition) is 3. The van der Waals surface area contributed by atoms with Crippen LogP contribution in [0.2, 0.25) is 0 Å². The zero-order valence-electron chi connectivity index (χ0n) is 9.58. The summed E-state index contributed by atoms with van der Waals surface area (Å²) in [6.45, 7) is 5.05. The highest BCUT2D eigenvalue weighted by Gasteiger charge is 2.38. The van der Waals surface area contributed by atoms with Crippen LogP contribution in [0.1, 0.15) is 49.4 Å². The Morgan fingerprint density at radius 3 is 2.67 bits per heavy atom. The second-order valence-electron chi connectivity index (χ2n) is 4.12. The molecule has 1 fully saturated rings. The van der Waals surface area contributed by atoms with Crippen LogP contribution in [0.3, 0.4) is 0 Å². The SMILES string of the molecule is CCOC1(c2ncc(CC)s2)CCCC1. The molecule has 2 rings (SSSR count). The molecule has 1 heterocycles. The first-order chi connectivity index (χ1) is 7.30. The molecule has 84 valence electrons. The Morgan fingerprint density at radius 2 is 2.13 bits per heavy atom. The van der Waals surface area contributed by atoms with Gasteiger partial charge >= 0.3 is 0 Å². The molecule has 1 aromatic heterocycles.